The number of hydrogen-bond donors (Lipinski definition) is 0. The second kappa shape index (κ2) is 21.0. The van der Waals surface area contributed by atoms with Crippen LogP contribution in [0.5, 0.6) is 0 Å². The van der Waals surface area contributed by atoms with Gasteiger partial charge in [0.25, 0.3) is 0 Å². The monoisotopic (exact) mass is 350 g/mol. The molecule has 146 valence electrons. The zero-order chi connectivity index (χ0) is 18.4. The summed E-state index contributed by atoms with van der Waals surface area (Å²) in [7, 11) is 0. The van der Waals surface area contributed by atoms with E-state index in [-0.39, 0.29) is 5.97 Å². The Balaban J connectivity index is 3.25. The van der Waals surface area contributed by atoms with E-state index in [0.717, 1.165) is 32.1 Å². The second-order valence-electron chi connectivity index (χ2n) is 6.91. The SMILES string of the molecule is CCCCCC=CCC=CCCCCCCCC(=O)OCCCCC. The Morgan fingerprint density at radius 3 is 1.92 bits per heavy atom. The van der Waals surface area contributed by atoms with Crippen LogP contribution in [-0.4, -0.2) is 12.6 Å². The quantitative estimate of drug-likeness (QED) is 0.145. The van der Waals surface area contributed by atoms with Crippen LogP contribution < -0.4 is 0 Å². The van der Waals surface area contributed by atoms with Gasteiger partial charge in [0.1, 0.15) is 0 Å². The van der Waals surface area contributed by atoms with Gasteiger partial charge in [0.15, 0.2) is 0 Å². The summed E-state index contributed by atoms with van der Waals surface area (Å²) in [5.41, 5.74) is 0. The fourth-order valence-corrected chi connectivity index (χ4v) is 2.69. The molecule has 0 amide bonds. The minimum atomic E-state index is -0.0122. The van der Waals surface area contributed by atoms with E-state index in [2.05, 4.69) is 38.2 Å². The van der Waals surface area contributed by atoms with Gasteiger partial charge in [0.05, 0.1) is 6.61 Å². The molecule has 25 heavy (non-hydrogen) atoms. The molecule has 0 fully saturated rings. The highest BCUT2D eigenvalue weighted by Gasteiger charge is 2.01. The largest absolute Gasteiger partial charge is 0.466 e. The zero-order valence-corrected chi connectivity index (χ0v) is 16.9. The zero-order valence-electron chi connectivity index (χ0n) is 16.9. The normalized spacial score (nSPS) is 11.6. The molecular formula is C23H42O2. The maximum absolute atomic E-state index is 11.5. The van der Waals surface area contributed by atoms with Gasteiger partial charge < -0.3 is 4.74 Å². The Morgan fingerprint density at radius 2 is 1.24 bits per heavy atom. The minimum Gasteiger partial charge on any atom is -0.466 e. The molecule has 0 spiro atoms. The lowest BCUT2D eigenvalue weighted by molar-refractivity contribution is -0.143. The molecule has 0 unspecified atom stereocenters. The number of hydrogen-bond acceptors (Lipinski definition) is 2. The number of ether oxygens (including phenoxy) is 1. The summed E-state index contributed by atoms with van der Waals surface area (Å²) in [6.45, 7) is 5.01. The summed E-state index contributed by atoms with van der Waals surface area (Å²) in [6.07, 6.45) is 26.5. The number of carbonyl (C=O) groups is 1. The third-order valence-electron chi connectivity index (χ3n) is 4.34. The first kappa shape index (κ1) is 23.9. The van der Waals surface area contributed by atoms with Crippen molar-refractivity contribution in [3.8, 4) is 0 Å². The molecular weight excluding hydrogens is 308 g/mol. The number of esters is 1. The predicted molar refractivity (Wildman–Crippen MR) is 110 cm³/mol. The Bertz CT molecular complexity index is 331. The maximum atomic E-state index is 11.5. The van der Waals surface area contributed by atoms with Crippen LogP contribution in [0.25, 0.3) is 0 Å². The molecule has 0 aliphatic heterocycles. The Morgan fingerprint density at radius 1 is 0.680 bits per heavy atom. The van der Waals surface area contributed by atoms with Crippen molar-refractivity contribution >= 4 is 5.97 Å². The van der Waals surface area contributed by atoms with Gasteiger partial charge in [-0.3, -0.25) is 4.79 Å². The van der Waals surface area contributed by atoms with Crippen LogP contribution in [0, 0.1) is 0 Å². The van der Waals surface area contributed by atoms with Crippen molar-refractivity contribution in [1.82, 2.24) is 0 Å². The highest BCUT2D eigenvalue weighted by Crippen LogP contribution is 2.09. The Hall–Kier alpha value is -1.05. The van der Waals surface area contributed by atoms with Gasteiger partial charge in [-0.05, 0) is 44.9 Å². The van der Waals surface area contributed by atoms with E-state index in [0.29, 0.717) is 13.0 Å². The second-order valence-corrected chi connectivity index (χ2v) is 6.91. The van der Waals surface area contributed by atoms with E-state index >= 15 is 0 Å². The molecule has 0 radical (unpaired) electrons. The fraction of sp³-hybridized carbons (Fsp3) is 0.783. The van der Waals surface area contributed by atoms with Crippen LogP contribution in [0.15, 0.2) is 24.3 Å². The Labute approximate surface area is 157 Å². The highest BCUT2D eigenvalue weighted by atomic mass is 16.5. The van der Waals surface area contributed by atoms with E-state index in [1.165, 1.54) is 57.8 Å². The molecule has 0 saturated carbocycles. The van der Waals surface area contributed by atoms with Crippen molar-refractivity contribution < 1.29 is 9.53 Å². The van der Waals surface area contributed by atoms with Gasteiger partial charge in [-0.2, -0.15) is 0 Å². The lowest BCUT2D eigenvalue weighted by atomic mass is 10.1. The third-order valence-corrected chi connectivity index (χ3v) is 4.34. The summed E-state index contributed by atoms with van der Waals surface area (Å²) < 4.78 is 5.21. The summed E-state index contributed by atoms with van der Waals surface area (Å²) in [5.74, 6) is -0.0122. The van der Waals surface area contributed by atoms with Crippen LogP contribution >= 0.6 is 0 Å². The van der Waals surface area contributed by atoms with E-state index in [1.54, 1.807) is 0 Å². The van der Waals surface area contributed by atoms with Gasteiger partial charge >= 0.3 is 5.97 Å². The smallest absolute Gasteiger partial charge is 0.305 e. The van der Waals surface area contributed by atoms with Crippen molar-refractivity contribution in [3.63, 3.8) is 0 Å². The van der Waals surface area contributed by atoms with Crippen molar-refractivity contribution in [3.05, 3.63) is 24.3 Å². The molecule has 0 heterocycles. The Kier molecular flexibility index (Phi) is 20.1. The first-order valence-corrected chi connectivity index (χ1v) is 10.8. The molecule has 0 atom stereocenters. The van der Waals surface area contributed by atoms with Gasteiger partial charge in [-0.15, -0.1) is 0 Å². The number of rotatable bonds is 18. The molecule has 0 saturated heterocycles. The molecule has 0 N–H and O–H groups in total. The van der Waals surface area contributed by atoms with Gasteiger partial charge in [-0.25, -0.2) is 0 Å². The molecule has 0 aromatic carbocycles. The molecule has 0 aromatic rings. The summed E-state index contributed by atoms with van der Waals surface area (Å²) >= 11 is 0. The van der Waals surface area contributed by atoms with Crippen molar-refractivity contribution in [2.75, 3.05) is 6.61 Å². The van der Waals surface area contributed by atoms with E-state index in [9.17, 15) is 4.79 Å². The molecule has 2 heteroatoms. The highest BCUT2D eigenvalue weighted by molar-refractivity contribution is 5.69. The van der Waals surface area contributed by atoms with Crippen molar-refractivity contribution in [2.24, 2.45) is 0 Å². The average molecular weight is 351 g/mol. The summed E-state index contributed by atoms with van der Waals surface area (Å²) in [5, 5.41) is 0. The fourth-order valence-electron chi connectivity index (χ4n) is 2.69. The van der Waals surface area contributed by atoms with E-state index < -0.39 is 0 Å². The lowest BCUT2D eigenvalue weighted by Gasteiger charge is -2.04. The molecule has 0 aliphatic rings. The maximum Gasteiger partial charge on any atom is 0.305 e. The molecule has 0 rings (SSSR count). The van der Waals surface area contributed by atoms with E-state index in [1.807, 2.05) is 0 Å². The standard InChI is InChI=1S/C23H42O2/c1-3-5-7-8-9-10-11-12-13-14-15-16-17-18-19-21-23(24)25-22-20-6-4-2/h9-10,12-13H,3-8,11,14-22H2,1-2H3. The molecule has 0 aliphatic carbocycles. The van der Waals surface area contributed by atoms with Crippen LogP contribution in [-0.2, 0) is 9.53 Å². The summed E-state index contributed by atoms with van der Waals surface area (Å²) in [6, 6.07) is 0. The van der Waals surface area contributed by atoms with E-state index in [4.69, 9.17) is 4.74 Å². The minimum absolute atomic E-state index is 0.0122. The van der Waals surface area contributed by atoms with Gasteiger partial charge in [-0.1, -0.05) is 83.1 Å². The van der Waals surface area contributed by atoms with Crippen molar-refractivity contribution in [2.45, 2.75) is 110 Å². The number of allylic oxidation sites excluding steroid dienone is 4. The molecule has 2 nitrogen and oxygen atoms in total. The van der Waals surface area contributed by atoms with Gasteiger partial charge in [0.2, 0.25) is 0 Å². The number of carbonyl (C=O) groups excluding carboxylic acids is 1. The number of unbranched alkanes of at least 4 members (excludes halogenated alkanes) is 10. The third kappa shape index (κ3) is 20.9. The van der Waals surface area contributed by atoms with Crippen LogP contribution in [0.3, 0.4) is 0 Å². The molecule has 0 bridgehead atoms. The summed E-state index contributed by atoms with van der Waals surface area (Å²) in [4.78, 5) is 11.5. The first-order valence-electron chi connectivity index (χ1n) is 10.8. The first-order chi connectivity index (χ1) is 12.3. The lowest BCUT2D eigenvalue weighted by Crippen LogP contribution is -2.05. The van der Waals surface area contributed by atoms with Gasteiger partial charge in [0, 0.05) is 6.42 Å². The molecule has 0 aromatic heterocycles. The van der Waals surface area contributed by atoms with Crippen LogP contribution in [0.1, 0.15) is 110 Å². The predicted octanol–water partition coefficient (Wildman–Crippen LogP) is 7.53. The van der Waals surface area contributed by atoms with Crippen LogP contribution in [0.4, 0.5) is 0 Å². The van der Waals surface area contributed by atoms with Crippen LogP contribution in [0.2, 0.25) is 0 Å². The average Bonchev–Trinajstić information content (AvgIpc) is 2.62. The topological polar surface area (TPSA) is 26.3 Å². The van der Waals surface area contributed by atoms with Crippen molar-refractivity contribution in [1.29, 1.82) is 0 Å².